The molecule has 0 unspecified atom stereocenters. The van der Waals surface area contributed by atoms with E-state index in [1.165, 1.54) is 0 Å². The molecule has 0 aromatic heterocycles. The van der Waals surface area contributed by atoms with Crippen molar-refractivity contribution in [2.75, 3.05) is 0 Å². The third-order valence-corrected chi connectivity index (χ3v) is 6.26. The summed E-state index contributed by atoms with van der Waals surface area (Å²) in [6.45, 7) is 0. The summed E-state index contributed by atoms with van der Waals surface area (Å²) in [6.07, 6.45) is 0. The summed E-state index contributed by atoms with van der Waals surface area (Å²) in [5.74, 6) is 0.325. The number of phenols is 1. The monoisotopic (exact) mass is 506 g/mol. The molecule has 1 nitrogen and oxygen atoms in total. The Hall–Kier alpha value is -2.36. The molecule has 4 aromatic carbocycles. The van der Waals surface area contributed by atoms with Crippen molar-refractivity contribution in [1.29, 1.82) is 0 Å². The molecule has 0 spiro atoms. The van der Waals surface area contributed by atoms with Gasteiger partial charge in [-0.3, -0.25) is 0 Å². The fourth-order valence-corrected chi connectivity index (χ4v) is 5.02. The molecule has 3 heteroatoms. The number of halogens is 2. The molecule has 4 aromatic rings. The van der Waals surface area contributed by atoms with Crippen molar-refractivity contribution in [3.8, 4) is 39.1 Å². The molecule has 0 radical (unpaired) electrons. The molecular formula is C26H20Br2O. The van der Waals surface area contributed by atoms with Gasteiger partial charge >= 0.3 is 0 Å². The lowest BCUT2D eigenvalue weighted by atomic mass is 9.83. The standard InChI is InChI=1S/C26H20Br2O/c27-16-21-23(18-10-4-1-5-11-18)22(17-28)25(20-14-8-3-9-15-20)26(29)24(21)19-12-6-2-7-13-19/h1-15,29H,16-17H2. The van der Waals surface area contributed by atoms with Crippen LogP contribution in [-0.2, 0) is 10.7 Å². The van der Waals surface area contributed by atoms with Crippen LogP contribution < -0.4 is 0 Å². The van der Waals surface area contributed by atoms with Crippen LogP contribution in [0.4, 0.5) is 0 Å². The summed E-state index contributed by atoms with van der Waals surface area (Å²) in [5.41, 5.74) is 8.27. The molecule has 0 heterocycles. The zero-order chi connectivity index (χ0) is 20.2. The minimum absolute atomic E-state index is 0.325. The molecular weight excluding hydrogens is 488 g/mol. The highest BCUT2D eigenvalue weighted by Gasteiger charge is 2.25. The molecule has 144 valence electrons. The van der Waals surface area contributed by atoms with Gasteiger partial charge in [0, 0.05) is 21.8 Å². The number of rotatable bonds is 5. The van der Waals surface area contributed by atoms with Crippen LogP contribution in [0, 0.1) is 0 Å². The van der Waals surface area contributed by atoms with Crippen molar-refractivity contribution in [1.82, 2.24) is 0 Å². The van der Waals surface area contributed by atoms with Gasteiger partial charge in [-0.1, -0.05) is 123 Å². The number of alkyl halides is 2. The average molecular weight is 508 g/mol. The summed E-state index contributed by atoms with van der Waals surface area (Å²) in [6, 6.07) is 30.7. The van der Waals surface area contributed by atoms with E-state index in [9.17, 15) is 5.11 Å². The Kier molecular flexibility index (Phi) is 6.17. The van der Waals surface area contributed by atoms with Crippen LogP contribution in [0.1, 0.15) is 11.1 Å². The second-order valence-electron chi connectivity index (χ2n) is 6.80. The molecule has 0 aliphatic carbocycles. The quantitative estimate of drug-likeness (QED) is 0.270. The van der Waals surface area contributed by atoms with E-state index in [4.69, 9.17) is 0 Å². The maximum atomic E-state index is 11.5. The zero-order valence-corrected chi connectivity index (χ0v) is 18.9. The second kappa shape index (κ2) is 8.98. The Morgan fingerprint density at radius 3 is 1.10 bits per heavy atom. The average Bonchev–Trinajstić information content (AvgIpc) is 2.79. The molecule has 4 rings (SSSR count). The topological polar surface area (TPSA) is 20.2 Å². The van der Waals surface area contributed by atoms with Gasteiger partial charge in [-0.15, -0.1) is 0 Å². The number of benzene rings is 4. The van der Waals surface area contributed by atoms with E-state index in [2.05, 4.69) is 80.4 Å². The summed E-state index contributed by atoms with van der Waals surface area (Å²) < 4.78 is 0. The normalized spacial score (nSPS) is 10.8. The van der Waals surface area contributed by atoms with Gasteiger partial charge in [0.2, 0.25) is 0 Å². The smallest absolute Gasteiger partial charge is 0.131 e. The summed E-state index contributed by atoms with van der Waals surface area (Å²) in [4.78, 5) is 0. The van der Waals surface area contributed by atoms with Crippen molar-refractivity contribution in [3.63, 3.8) is 0 Å². The van der Waals surface area contributed by atoms with Crippen LogP contribution in [0.25, 0.3) is 33.4 Å². The van der Waals surface area contributed by atoms with Gasteiger partial charge in [0.1, 0.15) is 5.75 Å². The maximum absolute atomic E-state index is 11.5. The molecule has 1 N–H and O–H groups in total. The highest BCUT2D eigenvalue weighted by Crippen LogP contribution is 2.49. The fourth-order valence-electron chi connectivity index (χ4n) is 3.90. The Bertz CT molecular complexity index is 1040. The summed E-state index contributed by atoms with van der Waals surface area (Å²) >= 11 is 7.41. The Morgan fingerprint density at radius 1 is 0.483 bits per heavy atom. The molecule has 0 saturated heterocycles. The lowest BCUT2D eigenvalue weighted by Gasteiger charge is -2.23. The molecule has 0 bridgehead atoms. The van der Waals surface area contributed by atoms with E-state index in [1.807, 2.05) is 42.5 Å². The minimum Gasteiger partial charge on any atom is -0.507 e. The van der Waals surface area contributed by atoms with Crippen molar-refractivity contribution in [2.24, 2.45) is 0 Å². The van der Waals surface area contributed by atoms with Crippen molar-refractivity contribution in [3.05, 3.63) is 102 Å². The Balaban J connectivity index is 2.18. The Morgan fingerprint density at radius 2 is 0.793 bits per heavy atom. The van der Waals surface area contributed by atoms with E-state index in [1.54, 1.807) is 0 Å². The predicted molar refractivity (Wildman–Crippen MR) is 130 cm³/mol. The van der Waals surface area contributed by atoms with Crippen LogP contribution in [0.3, 0.4) is 0 Å². The lowest BCUT2D eigenvalue weighted by molar-refractivity contribution is 0.478. The first-order chi connectivity index (χ1) is 14.3. The summed E-state index contributed by atoms with van der Waals surface area (Å²) in [7, 11) is 0. The fraction of sp³-hybridized carbons (Fsp3) is 0.0769. The molecule has 0 saturated carbocycles. The molecule has 0 atom stereocenters. The third kappa shape index (κ3) is 3.77. The van der Waals surface area contributed by atoms with E-state index < -0.39 is 0 Å². The van der Waals surface area contributed by atoms with Gasteiger partial charge in [-0.25, -0.2) is 0 Å². The first kappa shape index (κ1) is 19.9. The first-order valence-electron chi connectivity index (χ1n) is 9.45. The molecule has 0 amide bonds. The van der Waals surface area contributed by atoms with Gasteiger partial charge in [-0.2, -0.15) is 0 Å². The second-order valence-corrected chi connectivity index (χ2v) is 7.92. The van der Waals surface area contributed by atoms with Gasteiger partial charge in [0.05, 0.1) is 0 Å². The highest BCUT2D eigenvalue weighted by molar-refractivity contribution is 9.08. The van der Waals surface area contributed by atoms with E-state index in [0.29, 0.717) is 16.4 Å². The molecule has 0 aliphatic rings. The lowest BCUT2D eigenvalue weighted by Crippen LogP contribution is -2.01. The molecule has 0 aliphatic heterocycles. The van der Waals surface area contributed by atoms with Gasteiger partial charge in [-0.05, 0) is 33.4 Å². The number of aromatic hydroxyl groups is 1. The molecule has 29 heavy (non-hydrogen) atoms. The van der Waals surface area contributed by atoms with Crippen LogP contribution in [-0.4, -0.2) is 5.11 Å². The number of hydrogen-bond donors (Lipinski definition) is 1. The van der Waals surface area contributed by atoms with Crippen LogP contribution in [0.2, 0.25) is 0 Å². The number of phenolic OH excluding ortho intramolecular Hbond substituents is 1. The van der Waals surface area contributed by atoms with Crippen molar-refractivity contribution >= 4 is 31.9 Å². The number of hydrogen-bond acceptors (Lipinski definition) is 1. The zero-order valence-electron chi connectivity index (χ0n) is 15.8. The maximum Gasteiger partial charge on any atom is 0.131 e. The third-order valence-electron chi connectivity index (χ3n) is 5.14. The van der Waals surface area contributed by atoms with E-state index in [0.717, 1.165) is 44.5 Å². The highest BCUT2D eigenvalue weighted by atomic mass is 79.9. The van der Waals surface area contributed by atoms with Crippen molar-refractivity contribution < 1.29 is 5.11 Å². The van der Waals surface area contributed by atoms with Crippen molar-refractivity contribution in [2.45, 2.75) is 10.7 Å². The minimum atomic E-state index is 0.325. The summed E-state index contributed by atoms with van der Waals surface area (Å²) in [5, 5.41) is 12.8. The molecule has 0 fully saturated rings. The van der Waals surface area contributed by atoms with Gasteiger partial charge in [0.15, 0.2) is 0 Å². The SMILES string of the molecule is Oc1c(-c2ccccc2)c(CBr)c(-c2ccccc2)c(CBr)c1-c1ccccc1. The van der Waals surface area contributed by atoms with Gasteiger partial charge < -0.3 is 5.11 Å². The van der Waals surface area contributed by atoms with E-state index in [-0.39, 0.29) is 0 Å². The Labute approximate surface area is 188 Å². The van der Waals surface area contributed by atoms with Crippen LogP contribution in [0.5, 0.6) is 5.75 Å². The van der Waals surface area contributed by atoms with E-state index >= 15 is 0 Å². The largest absolute Gasteiger partial charge is 0.507 e. The van der Waals surface area contributed by atoms with Gasteiger partial charge in [0.25, 0.3) is 0 Å². The first-order valence-corrected chi connectivity index (χ1v) is 11.7. The van der Waals surface area contributed by atoms with Crippen LogP contribution in [0.15, 0.2) is 91.0 Å². The van der Waals surface area contributed by atoms with Crippen LogP contribution >= 0.6 is 31.9 Å². The predicted octanol–water partition coefficient (Wildman–Crippen LogP) is 8.18.